The Balaban J connectivity index is 2.67. The van der Waals surface area contributed by atoms with E-state index in [1.807, 2.05) is 27.2 Å². The van der Waals surface area contributed by atoms with Crippen LogP contribution in [0, 0.1) is 10.1 Å². The number of likely N-dealkylation sites (N-methyl/N-ethyl adjacent to an activating group) is 2. The lowest BCUT2D eigenvalue weighted by Crippen LogP contribution is -2.28. The van der Waals surface area contributed by atoms with Gasteiger partial charge in [0.25, 0.3) is 5.69 Å². The van der Waals surface area contributed by atoms with Gasteiger partial charge in [0.15, 0.2) is 0 Å². The lowest BCUT2D eigenvalue weighted by atomic mass is 10.2. The first-order valence-corrected chi connectivity index (χ1v) is 6.45. The molecule has 0 saturated carbocycles. The van der Waals surface area contributed by atoms with Crippen molar-refractivity contribution in [3.05, 3.63) is 38.3 Å². The molecule has 6 heteroatoms. The molecule has 0 amide bonds. The largest absolute Gasteiger partial charge is 0.308 e. The first-order chi connectivity index (χ1) is 8.40. The van der Waals surface area contributed by atoms with Crippen LogP contribution in [-0.2, 0) is 6.54 Å². The third kappa shape index (κ3) is 4.72. The van der Waals surface area contributed by atoms with Gasteiger partial charge >= 0.3 is 0 Å². The summed E-state index contributed by atoms with van der Waals surface area (Å²) >= 11 is 3.19. The Morgan fingerprint density at radius 1 is 1.28 bits per heavy atom. The molecule has 0 unspecified atom stereocenters. The molecule has 0 aliphatic carbocycles. The number of nitro benzene ring substituents is 1. The zero-order valence-corrected chi connectivity index (χ0v) is 12.5. The quantitative estimate of drug-likeness (QED) is 0.597. The van der Waals surface area contributed by atoms with Crippen LogP contribution < -0.4 is 0 Å². The van der Waals surface area contributed by atoms with Gasteiger partial charge < -0.3 is 9.80 Å². The van der Waals surface area contributed by atoms with E-state index in [9.17, 15) is 10.1 Å². The summed E-state index contributed by atoms with van der Waals surface area (Å²) in [7, 11) is 6.06. The molecular formula is C12H18BrN3O2. The van der Waals surface area contributed by atoms with Gasteiger partial charge in [-0.25, -0.2) is 0 Å². The van der Waals surface area contributed by atoms with E-state index in [-0.39, 0.29) is 10.6 Å². The second kappa shape index (κ2) is 6.82. The Bertz CT molecular complexity index is 424. The molecular weight excluding hydrogens is 298 g/mol. The Morgan fingerprint density at radius 2 is 1.94 bits per heavy atom. The standard InChI is InChI=1S/C12H18BrN3O2/c1-14(2)6-7-15(3)9-10-4-5-11(13)12(8-10)16(17)18/h4-5,8H,6-7,9H2,1-3H3. The summed E-state index contributed by atoms with van der Waals surface area (Å²) in [5, 5.41) is 10.8. The fourth-order valence-corrected chi connectivity index (χ4v) is 1.95. The van der Waals surface area contributed by atoms with E-state index in [1.54, 1.807) is 12.1 Å². The van der Waals surface area contributed by atoms with Crippen molar-refractivity contribution in [2.75, 3.05) is 34.2 Å². The van der Waals surface area contributed by atoms with Gasteiger partial charge in [0.05, 0.1) is 9.40 Å². The Labute approximate surface area is 116 Å². The lowest BCUT2D eigenvalue weighted by molar-refractivity contribution is -0.385. The SMILES string of the molecule is CN(C)CCN(C)Cc1ccc(Br)c([N+](=O)[O-])c1. The van der Waals surface area contributed by atoms with Gasteiger partial charge in [-0.1, -0.05) is 6.07 Å². The van der Waals surface area contributed by atoms with Crippen LogP contribution in [0.1, 0.15) is 5.56 Å². The predicted octanol–water partition coefficient (Wildman–Crippen LogP) is 2.35. The van der Waals surface area contributed by atoms with Crippen LogP contribution in [0.3, 0.4) is 0 Å². The lowest BCUT2D eigenvalue weighted by Gasteiger charge is -2.19. The maximum Gasteiger partial charge on any atom is 0.283 e. The van der Waals surface area contributed by atoms with Crippen molar-refractivity contribution in [3.63, 3.8) is 0 Å². The molecule has 5 nitrogen and oxygen atoms in total. The number of hydrogen-bond donors (Lipinski definition) is 0. The number of halogens is 1. The molecule has 0 spiro atoms. The fraction of sp³-hybridized carbons (Fsp3) is 0.500. The van der Waals surface area contributed by atoms with Crippen molar-refractivity contribution in [3.8, 4) is 0 Å². The molecule has 0 fully saturated rings. The van der Waals surface area contributed by atoms with Crippen molar-refractivity contribution < 1.29 is 4.92 Å². The Kier molecular flexibility index (Phi) is 5.71. The maximum absolute atomic E-state index is 10.8. The zero-order valence-electron chi connectivity index (χ0n) is 10.9. The third-order valence-electron chi connectivity index (χ3n) is 2.59. The number of nitrogens with zero attached hydrogens (tertiary/aromatic N) is 3. The fourth-order valence-electron chi connectivity index (χ4n) is 1.56. The minimum atomic E-state index is -0.368. The third-order valence-corrected chi connectivity index (χ3v) is 3.26. The maximum atomic E-state index is 10.8. The van der Waals surface area contributed by atoms with E-state index >= 15 is 0 Å². The van der Waals surface area contributed by atoms with Gasteiger partial charge in [-0.3, -0.25) is 10.1 Å². The van der Waals surface area contributed by atoms with Gasteiger partial charge in [-0.15, -0.1) is 0 Å². The topological polar surface area (TPSA) is 49.6 Å². The average molecular weight is 316 g/mol. The number of rotatable bonds is 6. The Morgan fingerprint density at radius 3 is 2.50 bits per heavy atom. The first-order valence-electron chi connectivity index (χ1n) is 5.66. The second-order valence-corrected chi connectivity index (χ2v) is 5.44. The minimum Gasteiger partial charge on any atom is -0.308 e. The molecule has 0 heterocycles. The minimum absolute atomic E-state index is 0.119. The highest BCUT2D eigenvalue weighted by Gasteiger charge is 2.12. The zero-order chi connectivity index (χ0) is 13.7. The summed E-state index contributed by atoms with van der Waals surface area (Å²) in [6, 6.07) is 5.26. The van der Waals surface area contributed by atoms with Gasteiger partial charge in [-0.05, 0) is 48.7 Å². The van der Waals surface area contributed by atoms with E-state index in [0.29, 0.717) is 11.0 Å². The number of nitro groups is 1. The Hall–Kier alpha value is -0.980. The summed E-state index contributed by atoms with van der Waals surface area (Å²) in [4.78, 5) is 14.7. The van der Waals surface area contributed by atoms with Crippen molar-refractivity contribution in [2.45, 2.75) is 6.54 Å². The van der Waals surface area contributed by atoms with Crippen LogP contribution in [0.2, 0.25) is 0 Å². The molecule has 1 aromatic rings. The van der Waals surface area contributed by atoms with Gasteiger partial charge in [-0.2, -0.15) is 0 Å². The molecule has 100 valence electrons. The van der Waals surface area contributed by atoms with Crippen LogP contribution in [-0.4, -0.2) is 49.0 Å². The number of hydrogen-bond acceptors (Lipinski definition) is 4. The highest BCUT2D eigenvalue weighted by Crippen LogP contribution is 2.25. The van der Waals surface area contributed by atoms with E-state index in [0.717, 1.165) is 18.7 Å². The molecule has 0 N–H and O–H groups in total. The summed E-state index contributed by atoms with van der Waals surface area (Å²) in [6.45, 7) is 2.61. The van der Waals surface area contributed by atoms with E-state index in [1.165, 1.54) is 0 Å². The van der Waals surface area contributed by atoms with E-state index < -0.39 is 0 Å². The molecule has 0 atom stereocenters. The van der Waals surface area contributed by atoms with Gasteiger partial charge in [0.2, 0.25) is 0 Å². The van der Waals surface area contributed by atoms with E-state index in [4.69, 9.17) is 0 Å². The van der Waals surface area contributed by atoms with Crippen LogP contribution >= 0.6 is 15.9 Å². The summed E-state index contributed by atoms with van der Waals surface area (Å²) in [6.07, 6.45) is 0. The van der Waals surface area contributed by atoms with Crippen molar-refractivity contribution in [1.82, 2.24) is 9.80 Å². The molecule has 0 bridgehead atoms. The van der Waals surface area contributed by atoms with Crippen LogP contribution in [0.15, 0.2) is 22.7 Å². The first kappa shape index (κ1) is 15.1. The highest BCUT2D eigenvalue weighted by molar-refractivity contribution is 9.10. The molecule has 0 aliphatic heterocycles. The van der Waals surface area contributed by atoms with Gasteiger partial charge in [0, 0.05) is 25.7 Å². The van der Waals surface area contributed by atoms with Gasteiger partial charge in [0.1, 0.15) is 0 Å². The van der Waals surface area contributed by atoms with Crippen molar-refractivity contribution in [1.29, 1.82) is 0 Å². The predicted molar refractivity (Wildman–Crippen MR) is 75.7 cm³/mol. The molecule has 1 rings (SSSR count). The van der Waals surface area contributed by atoms with Crippen LogP contribution in [0.4, 0.5) is 5.69 Å². The summed E-state index contributed by atoms with van der Waals surface area (Å²) in [5.41, 5.74) is 1.07. The number of benzene rings is 1. The second-order valence-electron chi connectivity index (χ2n) is 4.58. The monoisotopic (exact) mass is 315 g/mol. The molecule has 0 aliphatic rings. The molecule has 0 aromatic heterocycles. The molecule has 18 heavy (non-hydrogen) atoms. The normalized spacial score (nSPS) is 11.2. The smallest absolute Gasteiger partial charge is 0.283 e. The van der Waals surface area contributed by atoms with Crippen LogP contribution in [0.5, 0.6) is 0 Å². The highest BCUT2D eigenvalue weighted by atomic mass is 79.9. The van der Waals surface area contributed by atoms with Crippen LogP contribution in [0.25, 0.3) is 0 Å². The summed E-state index contributed by atoms with van der Waals surface area (Å²) in [5.74, 6) is 0. The molecule has 0 saturated heterocycles. The van der Waals surface area contributed by atoms with Crippen molar-refractivity contribution >= 4 is 21.6 Å². The summed E-state index contributed by atoms with van der Waals surface area (Å²) < 4.78 is 0.521. The average Bonchev–Trinajstić information content (AvgIpc) is 2.28. The van der Waals surface area contributed by atoms with Crippen molar-refractivity contribution in [2.24, 2.45) is 0 Å². The van der Waals surface area contributed by atoms with E-state index in [2.05, 4.69) is 25.7 Å². The molecule has 1 aromatic carbocycles. The molecule has 0 radical (unpaired) electrons.